The van der Waals surface area contributed by atoms with Crippen LogP contribution in [0.4, 0.5) is 4.79 Å². The van der Waals surface area contributed by atoms with Crippen molar-refractivity contribution in [3.63, 3.8) is 0 Å². The number of hydrogen-bond acceptors (Lipinski definition) is 3. The Morgan fingerprint density at radius 3 is 2.16 bits per heavy atom. The van der Waals surface area contributed by atoms with Gasteiger partial charge in [0.05, 0.1) is 0 Å². The van der Waals surface area contributed by atoms with Crippen LogP contribution in [0.2, 0.25) is 0 Å². The Hall–Kier alpha value is -2.55. The summed E-state index contributed by atoms with van der Waals surface area (Å²) in [5, 5.41) is 0. The molecule has 0 aromatic heterocycles. The van der Waals surface area contributed by atoms with E-state index in [0.29, 0.717) is 5.75 Å². The third kappa shape index (κ3) is 3.71. The molecule has 0 saturated carbocycles. The van der Waals surface area contributed by atoms with Crippen LogP contribution in [-0.4, -0.2) is 6.16 Å². The van der Waals surface area contributed by atoms with Crippen molar-refractivity contribution < 1.29 is 14.3 Å². The lowest BCUT2D eigenvalue weighted by Crippen LogP contribution is -2.13. The molecule has 1 atom stereocenters. The van der Waals surface area contributed by atoms with Crippen LogP contribution in [0.25, 0.3) is 0 Å². The van der Waals surface area contributed by atoms with Gasteiger partial charge in [0.2, 0.25) is 0 Å². The standard InChI is InChI=1S/C16H14O3/c1-2-15(13-9-5-3-6-10-13)19-16(17)18-14-11-7-4-8-12-14/h2-12,15H,1H2. The zero-order valence-electron chi connectivity index (χ0n) is 10.4. The van der Waals surface area contributed by atoms with Crippen molar-refractivity contribution in [2.24, 2.45) is 0 Å². The molecule has 0 fully saturated rings. The summed E-state index contributed by atoms with van der Waals surface area (Å²) in [5.74, 6) is 0.448. The second-order valence-electron chi connectivity index (χ2n) is 3.85. The normalized spacial score (nSPS) is 11.4. The SMILES string of the molecule is C=CC(OC(=O)Oc1ccccc1)c1ccccc1. The third-order valence-corrected chi connectivity index (χ3v) is 2.51. The van der Waals surface area contributed by atoms with E-state index in [9.17, 15) is 4.79 Å². The highest BCUT2D eigenvalue weighted by Crippen LogP contribution is 2.19. The molecule has 0 amide bonds. The predicted octanol–water partition coefficient (Wildman–Crippen LogP) is 4.13. The van der Waals surface area contributed by atoms with E-state index in [0.717, 1.165) is 5.56 Å². The summed E-state index contributed by atoms with van der Waals surface area (Å²) in [7, 11) is 0. The molecule has 2 aromatic rings. The molecular formula is C16H14O3. The monoisotopic (exact) mass is 254 g/mol. The number of ether oxygens (including phenoxy) is 2. The lowest BCUT2D eigenvalue weighted by atomic mass is 10.1. The summed E-state index contributed by atoms with van der Waals surface area (Å²) in [6.07, 6.45) is 0.291. The minimum atomic E-state index is -0.750. The van der Waals surface area contributed by atoms with Crippen LogP contribution in [-0.2, 0) is 4.74 Å². The van der Waals surface area contributed by atoms with Crippen molar-refractivity contribution in [1.82, 2.24) is 0 Å². The van der Waals surface area contributed by atoms with Gasteiger partial charge in [-0.3, -0.25) is 0 Å². The van der Waals surface area contributed by atoms with E-state index in [1.165, 1.54) is 0 Å². The van der Waals surface area contributed by atoms with Crippen LogP contribution in [0.3, 0.4) is 0 Å². The van der Waals surface area contributed by atoms with Gasteiger partial charge >= 0.3 is 6.16 Å². The molecule has 3 nitrogen and oxygen atoms in total. The van der Waals surface area contributed by atoms with Gasteiger partial charge in [-0.2, -0.15) is 0 Å². The van der Waals surface area contributed by atoms with Gasteiger partial charge in [0.1, 0.15) is 11.9 Å². The van der Waals surface area contributed by atoms with Crippen LogP contribution in [0.15, 0.2) is 73.3 Å². The van der Waals surface area contributed by atoms with Crippen LogP contribution in [0.5, 0.6) is 5.75 Å². The number of rotatable bonds is 4. The van der Waals surface area contributed by atoms with Crippen molar-refractivity contribution in [3.05, 3.63) is 78.9 Å². The Bertz CT molecular complexity index is 534. The summed E-state index contributed by atoms with van der Waals surface area (Å²) >= 11 is 0. The zero-order valence-corrected chi connectivity index (χ0v) is 10.4. The molecule has 2 rings (SSSR count). The van der Waals surface area contributed by atoms with E-state index in [4.69, 9.17) is 9.47 Å². The molecule has 0 bridgehead atoms. The first-order valence-electron chi connectivity index (χ1n) is 5.90. The smallest absolute Gasteiger partial charge is 0.422 e. The molecule has 0 aliphatic rings. The van der Waals surface area contributed by atoms with Crippen molar-refractivity contribution in [2.75, 3.05) is 0 Å². The molecule has 0 saturated heterocycles. The van der Waals surface area contributed by atoms with Crippen molar-refractivity contribution in [3.8, 4) is 5.75 Å². The average Bonchev–Trinajstić information content (AvgIpc) is 2.47. The van der Waals surface area contributed by atoms with Gasteiger partial charge in [-0.25, -0.2) is 4.79 Å². The summed E-state index contributed by atoms with van der Waals surface area (Å²) in [6.45, 7) is 3.66. The predicted molar refractivity (Wildman–Crippen MR) is 72.9 cm³/mol. The Morgan fingerprint density at radius 1 is 1.00 bits per heavy atom. The van der Waals surface area contributed by atoms with Gasteiger partial charge in [0.25, 0.3) is 0 Å². The van der Waals surface area contributed by atoms with E-state index in [1.54, 1.807) is 30.3 Å². The van der Waals surface area contributed by atoms with Gasteiger partial charge in [-0.05, 0) is 23.8 Å². The van der Waals surface area contributed by atoms with E-state index in [2.05, 4.69) is 6.58 Å². The van der Waals surface area contributed by atoms with Crippen molar-refractivity contribution >= 4 is 6.16 Å². The largest absolute Gasteiger partial charge is 0.514 e. The number of benzene rings is 2. The summed E-state index contributed by atoms with van der Waals surface area (Å²) < 4.78 is 10.3. The first kappa shape index (κ1) is 12.9. The Kier molecular flexibility index (Phi) is 4.34. The van der Waals surface area contributed by atoms with Crippen LogP contribution < -0.4 is 4.74 Å². The Morgan fingerprint density at radius 2 is 1.58 bits per heavy atom. The van der Waals surface area contributed by atoms with E-state index < -0.39 is 12.3 Å². The molecule has 0 aliphatic carbocycles. The molecule has 0 heterocycles. The molecule has 96 valence electrons. The summed E-state index contributed by atoms with van der Waals surface area (Å²) in [4.78, 5) is 11.7. The number of carbonyl (C=O) groups is 1. The third-order valence-electron chi connectivity index (χ3n) is 2.51. The first-order chi connectivity index (χ1) is 9.29. The lowest BCUT2D eigenvalue weighted by Gasteiger charge is -2.13. The summed E-state index contributed by atoms with van der Waals surface area (Å²) in [5.41, 5.74) is 0.850. The molecule has 19 heavy (non-hydrogen) atoms. The van der Waals surface area contributed by atoms with E-state index in [-0.39, 0.29) is 0 Å². The van der Waals surface area contributed by atoms with Crippen LogP contribution in [0, 0.1) is 0 Å². The average molecular weight is 254 g/mol. The van der Waals surface area contributed by atoms with Gasteiger partial charge in [0, 0.05) is 0 Å². The maximum absolute atomic E-state index is 11.7. The molecule has 0 N–H and O–H groups in total. The van der Waals surface area contributed by atoms with Gasteiger partial charge in [-0.15, -0.1) is 0 Å². The fraction of sp³-hybridized carbons (Fsp3) is 0.0625. The maximum Gasteiger partial charge on any atom is 0.514 e. The molecule has 0 spiro atoms. The highest BCUT2D eigenvalue weighted by molar-refractivity contribution is 5.64. The molecule has 1 unspecified atom stereocenters. The molecule has 3 heteroatoms. The second kappa shape index (κ2) is 6.40. The topological polar surface area (TPSA) is 35.5 Å². The molecule has 0 aliphatic heterocycles. The quantitative estimate of drug-likeness (QED) is 0.467. The zero-order chi connectivity index (χ0) is 13.5. The van der Waals surface area contributed by atoms with E-state index >= 15 is 0 Å². The van der Waals surface area contributed by atoms with Crippen LogP contribution in [0.1, 0.15) is 11.7 Å². The van der Waals surface area contributed by atoms with Crippen LogP contribution >= 0.6 is 0 Å². The first-order valence-corrected chi connectivity index (χ1v) is 5.90. The van der Waals surface area contributed by atoms with Crippen molar-refractivity contribution in [1.29, 1.82) is 0 Å². The van der Waals surface area contributed by atoms with Gasteiger partial charge < -0.3 is 9.47 Å². The lowest BCUT2D eigenvalue weighted by molar-refractivity contribution is 0.0761. The molecular weight excluding hydrogens is 240 g/mol. The highest BCUT2D eigenvalue weighted by atomic mass is 16.7. The fourth-order valence-corrected chi connectivity index (χ4v) is 1.61. The molecule has 0 radical (unpaired) electrons. The van der Waals surface area contributed by atoms with Crippen molar-refractivity contribution in [2.45, 2.75) is 6.10 Å². The minimum absolute atomic E-state index is 0.448. The fourth-order valence-electron chi connectivity index (χ4n) is 1.61. The Balaban J connectivity index is 1.99. The number of hydrogen-bond donors (Lipinski definition) is 0. The summed E-state index contributed by atoms with van der Waals surface area (Å²) in [6, 6.07) is 18.1. The van der Waals surface area contributed by atoms with Gasteiger partial charge in [0.15, 0.2) is 0 Å². The van der Waals surface area contributed by atoms with E-state index in [1.807, 2.05) is 36.4 Å². The maximum atomic E-state index is 11.7. The molecule has 2 aromatic carbocycles. The second-order valence-corrected chi connectivity index (χ2v) is 3.85. The number of para-hydroxylation sites is 1. The highest BCUT2D eigenvalue weighted by Gasteiger charge is 2.14. The number of carbonyl (C=O) groups excluding carboxylic acids is 1. The van der Waals surface area contributed by atoms with Gasteiger partial charge in [-0.1, -0.05) is 55.1 Å². The minimum Gasteiger partial charge on any atom is -0.422 e. The Labute approximate surface area is 112 Å².